The van der Waals surface area contributed by atoms with E-state index in [1.54, 1.807) is 13.4 Å². The van der Waals surface area contributed by atoms with E-state index in [4.69, 9.17) is 4.74 Å². The summed E-state index contributed by atoms with van der Waals surface area (Å²) in [5, 5.41) is 7.71. The Balaban J connectivity index is 1.81. The van der Waals surface area contributed by atoms with E-state index in [2.05, 4.69) is 49.5 Å². The van der Waals surface area contributed by atoms with E-state index in [1.807, 2.05) is 41.1 Å². The zero-order chi connectivity index (χ0) is 16.5. The molecule has 6 heteroatoms. The van der Waals surface area contributed by atoms with Gasteiger partial charge in [-0.2, -0.15) is 10.1 Å². The summed E-state index contributed by atoms with van der Waals surface area (Å²) in [5.74, 6) is 1.54. The molecule has 0 aliphatic carbocycles. The number of rotatable bonds is 3. The van der Waals surface area contributed by atoms with E-state index in [0.29, 0.717) is 0 Å². The van der Waals surface area contributed by atoms with Crippen molar-refractivity contribution in [3.05, 3.63) is 76.5 Å². The Kier molecular flexibility index (Phi) is 3.82. The summed E-state index contributed by atoms with van der Waals surface area (Å²) in [6, 6.07) is 16.2. The number of halogens is 1. The number of nitrogens with one attached hydrogen (secondary N) is 1. The van der Waals surface area contributed by atoms with E-state index in [1.165, 1.54) is 0 Å². The van der Waals surface area contributed by atoms with Gasteiger partial charge in [-0.25, -0.2) is 4.68 Å². The first-order valence-electron chi connectivity index (χ1n) is 7.53. The minimum atomic E-state index is -0.0255. The van der Waals surface area contributed by atoms with Crippen LogP contribution in [0.3, 0.4) is 0 Å². The standard InChI is InChI=1S/C18H15BrN4O/c1-24-15-7-3-4-12(9-15)16-10-17(13-5-2-6-14(19)8-13)23-18(22-16)20-11-21-23/h2-11,17H,1H3,(H,20,21,22)/t17-/m0/s1. The zero-order valence-electron chi connectivity index (χ0n) is 13.0. The molecule has 0 amide bonds. The Morgan fingerprint density at radius 2 is 2.04 bits per heavy atom. The molecule has 0 bridgehead atoms. The van der Waals surface area contributed by atoms with Crippen LogP contribution in [0.25, 0.3) is 5.70 Å². The number of hydrogen-bond donors (Lipinski definition) is 1. The molecule has 1 N–H and O–H groups in total. The summed E-state index contributed by atoms with van der Waals surface area (Å²) in [4.78, 5) is 4.33. The fraction of sp³-hybridized carbons (Fsp3) is 0.111. The number of anilines is 1. The molecule has 0 radical (unpaired) electrons. The molecule has 0 fully saturated rings. The quantitative estimate of drug-likeness (QED) is 0.740. The molecule has 1 aliphatic heterocycles. The maximum Gasteiger partial charge on any atom is 0.226 e. The van der Waals surface area contributed by atoms with Crippen LogP contribution in [-0.2, 0) is 0 Å². The highest BCUT2D eigenvalue weighted by Crippen LogP contribution is 2.33. The maximum atomic E-state index is 5.33. The molecule has 24 heavy (non-hydrogen) atoms. The molecule has 3 aromatic rings. The Labute approximate surface area is 148 Å². The van der Waals surface area contributed by atoms with Crippen molar-refractivity contribution in [1.29, 1.82) is 0 Å². The van der Waals surface area contributed by atoms with Gasteiger partial charge in [0.05, 0.1) is 7.11 Å². The second-order valence-electron chi connectivity index (χ2n) is 5.47. The second kappa shape index (κ2) is 6.13. The third-order valence-corrected chi connectivity index (χ3v) is 4.47. The summed E-state index contributed by atoms with van der Waals surface area (Å²) >= 11 is 3.54. The van der Waals surface area contributed by atoms with E-state index < -0.39 is 0 Å². The van der Waals surface area contributed by atoms with Crippen LogP contribution in [0.1, 0.15) is 17.2 Å². The van der Waals surface area contributed by atoms with Crippen LogP contribution in [0.15, 0.2) is 65.4 Å². The molecule has 1 atom stereocenters. The van der Waals surface area contributed by atoms with E-state index in [-0.39, 0.29) is 6.04 Å². The molecule has 0 unspecified atom stereocenters. The van der Waals surface area contributed by atoms with Gasteiger partial charge in [-0.3, -0.25) is 0 Å². The van der Waals surface area contributed by atoms with Gasteiger partial charge in [-0.1, -0.05) is 40.2 Å². The maximum absolute atomic E-state index is 5.33. The Morgan fingerprint density at radius 1 is 1.17 bits per heavy atom. The molecule has 5 nitrogen and oxygen atoms in total. The predicted molar refractivity (Wildman–Crippen MR) is 96.9 cm³/mol. The van der Waals surface area contributed by atoms with Crippen LogP contribution < -0.4 is 10.1 Å². The van der Waals surface area contributed by atoms with Crippen molar-refractivity contribution in [3.63, 3.8) is 0 Å². The highest BCUT2D eigenvalue weighted by atomic mass is 79.9. The van der Waals surface area contributed by atoms with Crippen molar-refractivity contribution in [2.24, 2.45) is 0 Å². The third kappa shape index (κ3) is 2.69. The number of allylic oxidation sites excluding steroid dienone is 1. The molecule has 1 aliphatic rings. The molecular weight excluding hydrogens is 368 g/mol. The topological polar surface area (TPSA) is 52.0 Å². The normalized spacial score (nSPS) is 16.1. The van der Waals surface area contributed by atoms with Crippen molar-refractivity contribution >= 4 is 27.6 Å². The molecule has 1 aromatic heterocycles. The largest absolute Gasteiger partial charge is 0.497 e. The Bertz CT molecular complexity index is 919. The molecular formula is C18H15BrN4O. The number of methoxy groups -OCH3 is 1. The van der Waals surface area contributed by atoms with Gasteiger partial charge in [0, 0.05) is 15.7 Å². The number of benzene rings is 2. The number of hydrogen-bond acceptors (Lipinski definition) is 4. The Morgan fingerprint density at radius 3 is 2.88 bits per heavy atom. The lowest BCUT2D eigenvalue weighted by Crippen LogP contribution is -2.20. The average molecular weight is 383 g/mol. The number of ether oxygens (including phenoxy) is 1. The van der Waals surface area contributed by atoms with E-state index in [0.717, 1.165) is 33.0 Å². The first kappa shape index (κ1) is 15.0. The number of fused-ring (bicyclic) bond motifs is 1. The average Bonchev–Trinajstić information content (AvgIpc) is 3.09. The third-order valence-electron chi connectivity index (χ3n) is 3.98. The highest BCUT2D eigenvalue weighted by Gasteiger charge is 2.23. The number of nitrogens with zero attached hydrogens (tertiary/aromatic N) is 3. The van der Waals surface area contributed by atoms with Gasteiger partial charge in [0.25, 0.3) is 0 Å². The molecule has 2 aromatic carbocycles. The van der Waals surface area contributed by atoms with E-state index in [9.17, 15) is 0 Å². The minimum Gasteiger partial charge on any atom is -0.497 e. The highest BCUT2D eigenvalue weighted by molar-refractivity contribution is 9.10. The van der Waals surface area contributed by atoms with Crippen molar-refractivity contribution in [3.8, 4) is 5.75 Å². The summed E-state index contributed by atoms with van der Waals surface area (Å²) in [7, 11) is 1.67. The molecule has 0 spiro atoms. The molecule has 4 rings (SSSR count). The summed E-state index contributed by atoms with van der Waals surface area (Å²) in [6.07, 6.45) is 3.72. The zero-order valence-corrected chi connectivity index (χ0v) is 14.6. The smallest absolute Gasteiger partial charge is 0.226 e. The van der Waals surface area contributed by atoms with Gasteiger partial charge < -0.3 is 10.1 Å². The van der Waals surface area contributed by atoms with Crippen molar-refractivity contribution in [2.45, 2.75) is 6.04 Å². The minimum absolute atomic E-state index is 0.0255. The predicted octanol–water partition coefficient (Wildman–Crippen LogP) is 4.11. The molecule has 0 saturated heterocycles. The fourth-order valence-electron chi connectivity index (χ4n) is 2.82. The SMILES string of the molecule is COc1cccc(C2=C[C@@H](c3cccc(Br)c3)n3ncnc3N2)c1. The number of aromatic nitrogens is 3. The van der Waals surface area contributed by atoms with Gasteiger partial charge in [0.15, 0.2) is 0 Å². The van der Waals surface area contributed by atoms with Crippen LogP contribution >= 0.6 is 15.9 Å². The Hall–Kier alpha value is -2.60. The van der Waals surface area contributed by atoms with Gasteiger partial charge in [0.2, 0.25) is 5.95 Å². The van der Waals surface area contributed by atoms with Crippen LogP contribution in [0.5, 0.6) is 5.75 Å². The summed E-state index contributed by atoms with van der Waals surface area (Å²) in [5.41, 5.74) is 3.17. The first-order chi connectivity index (χ1) is 11.7. The van der Waals surface area contributed by atoms with E-state index >= 15 is 0 Å². The van der Waals surface area contributed by atoms with Crippen molar-refractivity contribution < 1.29 is 4.74 Å². The molecule has 120 valence electrons. The molecule has 0 saturated carbocycles. The molecule has 2 heterocycles. The van der Waals surface area contributed by atoms with Gasteiger partial charge in [-0.05, 0) is 35.9 Å². The van der Waals surface area contributed by atoms with Crippen molar-refractivity contribution in [2.75, 3.05) is 12.4 Å². The van der Waals surface area contributed by atoms with Gasteiger partial charge >= 0.3 is 0 Å². The summed E-state index contributed by atoms with van der Waals surface area (Å²) in [6.45, 7) is 0. The van der Waals surface area contributed by atoms with Gasteiger partial charge in [-0.15, -0.1) is 0 Å². The van der Waals surface area contributed by atoms with Crippen LogP contribution in [0, 0.1) is 0 Å². The summed E-state index contributed by atoms with van der Waals surface area (Å²) < 4.78 is 8.25. The van der Waals surface area contributed by atoms with Crippen LogP contribution in [0.2, 0.25) is 0 Å². The first-order valence-corrected chi connectivity index (χ1v) is 8.32. The fourth-order valence-corrected chi connectivity index (χ4v) is 3.24. The second-order valence-corrected chi connectivity index (χ2v) is 6.38. The van der Waals surface area contributed by atoms with Crippen LogP contribution in [-0.4, -0.2) is 21.9 Å². The lowest BCUT2D eigenvalue weighted by Gasteiger charge is -2.24. The lowest BCUT2D eigenvalue weighted by atomic mass is 10.0. The monoisotopic (exact) mass is 382 g/mol. The van der Waals surface area contributed by atoms with Crippen LogP contribution in [0.4, 0.5) is 5.95 Å². The van der Waals surface area contributed by atoms with Crippen molar-refractivity contribution in [1.82, 2.24) is 14.8 Å². The van der Waals surface area contributed by atoms with Gasteiger partial charge in [0.1, 0.15) is 18.1 Å². The lowest BCUT2D eigenvalue weighted by molar-refractivity contribution is 0.414.